The third kappa shape index (κ3) is 5.36. The fraction of sp³-hybridized carbons (Fsp3) is 0.917. The maximum absolute atomic E-state index is 12.6. The molecule has 112 valence electrons. The number of likely N-dealkylation sites (tertiary alicyclic amines) is 1. The quantitative estimate of drug-likeness (QED) is 0.811. The van der Waals surface area contributed by atoms with Gasteiger partial charge in [-0.15, -0.1) is 0 Å². The Labute approximate surface area is 110 Å². The minimum atomic E-state index is -4.16. The molecule has 0 bridgehead atoms. The fourth-order valence-corrected chi connectivity index (χ4v) is 2.30. The Balaban J connectivity index is 2.42. The van der Waals surface area contributed by atoms with Crippen LogP contribution in [0.25, 0.3) is 0 Å². The molecule has 1 aliphatic rings. The average molecular weight is 283 g/mol. The molecule has 0 aromatic heterocycles. The molecule has 1 saturated heterocycles. The first-order valence-electron chi connectivity index (χ1n) is 6.48. The Morgan fingerprint density at radius 2 is 2.21 bits per heavy atom. The zero-order valence-corrected chi connectivity index (χ0v) is 10.9. The topological polar surface area (TPSA) is 49.8 Å². The molecule has 0 aromatic carbocycles. The molecule has 2 atom stereocenters. The molecule has 0 saturated carbocycles. The highest BCUT2D eigenvalue weighted by Gasteiger charge is 2.41. The highest BCUT2D eigenvalue weighted by molar-refractivity contribution is 5.72. The first-order valence-corrected chi connectivity index (χ1v) is 6.48. The SMILES string of the molecule is CCOC(CCN1CCCC(C(F)(F)F)C1)C(=O)O. The van der Waals surface area contributed by atoms with Crippen LogP contribution in [0.1, 0.15) is 26.2 Å². The Morgan fingerprint density at radius 1 is 1.53 bits per heavy atom. The summed E-state index contributed by atoms with van der Waals surface area (Å²) in [6.45, 7) is 2.84. The predicted molar refractivity (Wildman–Crippen MR) is 62.9 cm³/mol. The van der Waals surface area contributed by atoms with E-state index >= 15 is 0 Å². The third-order valence-electron chi connectivity index (χ3n) is 3.32. The van der Waals surface area contributed by atoms with Crippen molar-refractivity contribution in [3.63, 3.8) is 0 Å². The maximum atomic E-state index is 12.6. The number of nitrogens with zero attached hydrogens (tertiary/aromatic N) is 1. The van der Waals surface area contributed by atoms with Crippen molar-refractivity contribution in [1.82, 2.24) is 4.90 Å². The van der Waals surface area contributed by atoms with Gasteiger partial charge in [0.15, 0.2) is 6.10 Å². The van der Waals surface area contributed by atoms with Crippen LogP contribution in [0.3, 0.4) is 0 Å². The lowest BCUT2D eigenvalue weighted by molar-refractivity contribution is -0.187. The van der Waals surface area contributed by atoms with Gasteiger partial charge in [0, 0.05) is 19.7 Å². The molecule has 1 fully saturated rings. The van der Waals surface area contributed by atoms with Gasteiger partial charge in [-0.05, 0) is 32.7 Å². The van der Waals surface area contributed by atoms with Gasteiger partial charge in [0.2, 0.25) is 0 Å². The fourth-order valence-electron chi connectivity index (χ4n) is 2.30. The summed E-state index contributed by atoms with van der Waals surface area (Å²) in [5, 5.41) is 8.89. The van der Waals surface area contributed by atoms with E-state index in [9.17, 15) is 18.0 Å². The number of carboxylic acid groups (broad SMARTS) is 1. The van der Waals surface area contributed by atoms with Gasteiger partial charge in [-0.1, -0.05) is 0 Å². The van der Waals surface area contributed by atoms with Gasteiger partial charge in [0.25, 0.3) is 0 Å². The summed E-state index contributed by atoms with van der Waals surface area (Å²) >= 11 is 0. The van der Waals surface area contributed by atoms with Crippen molar-refractivity contribution < 1.29 is 27.8 Å². The standard InChI is InChI=1S/C12H20F3NO3/c1-2-19-10(11(17)18)5-7-16-6-3-4-9(8-16)12(13,14)15/h9-10H,2-8H2,1H3,(H,17,18). The Kier molecular flexibility index (Phi) is 6.06. The monoisotopic (exact) mass is 283 g/mol. The van der Waals surface area contributed by atoms with Crippen molar-refractivity contribution in [2.45, 2.75) is 38.5 Å². The second-order valence-corrected chi connectivity index (χ2v) is 4.75. The first-order chi connectivity index (χ1) is 8.84. The van der Waals surface area contributed by atoms with Gasteiger partial charge >= 0.3 is 12.1 Å². The van der Waals surface area contributed by atoms with Crippen LogP contribution < -0.4 is 0 Å². The molecule has 7 heteroatoms. The van der Waals surface area contributed by atoms with Crippen LogP contribution in [0.4, 0.5) is 13.2 Å². The van der Waals surface area contributed by atoms with Crippen LogP contribution in [0.15, 0.2) is 0 Å². The zero-order chi connectivity index (χ0) is 14.5. The molecule has 1 heterocycles. The number of hydrogen-bond donors (Lipinski definition) is 1. The lowest BCUT2D eigenvalue weighted by atomic mass is 9.97. The number of ether oxygens (including phenoxy) is 1. The van der Waals surface area contributed by atoms with Crippen LogP contribution in [-0.2, 0) is 9.53 Å². The second-order valence-electron chi connectivity index (χ2n) is 4.75. The highest BCUT2D eigenvalue weighted by Crippen LogP contribution is 2.33. The molecular formula is C12H20F3NO3. The smallest absolute Gasteiger partial charge is 0.393 e. The average Bonchev–Trinajstić information content (AvgIpc) is 2.33. The summed E-state index contributed by atoms with van der Waals surface area (Å²) in [5.41, 5.74) is 0. The van der Waals surface area contributed by atoms with Crippen molar-refractivity contribution >= 4 is 5.97 Å². The van der Waals surface area contributed by atoms with E-state index in [4.69, 9.17) is 9.84 Å². The number of piperidine rings is 1. The Hall–Kier alpha value is -0.820. The molecule has 0 radical (unpaired) electrons. The third-order valence-corrected chi connectivity index (χ3v) is 3.32. The van der Waals surface area contributed by atoms with Crippen LogP contribution in [0.5, 0.6) is 0 Å². The zero-order valence-electron chi connectivity index (χ0n) is 10.9. The van der Waals surface area contributed by atoms with Gasteiger partial charge in [-0.3, -0.25) is 0 Å². The number of aliphatic carboxylic acids is 1. The van der Waals surface area contributed by atoms with E-state index in [1.54, 1.807) is 11.8 Å². The Bertz CT molecular complexity index is 296. The lowest BCUT2D eigenvalue weighted by Crippen LogP contribution is -2.43. The molecule has 1 aliphatic heterocycles. The number of halogens is 3. The summed E-state index contributed by atoms with van der Waals surface area (Å²) in [4.78, 5) is 12.5. The Morgan fingerprint density at radius 3 is 2.74 bits per heavy atom. The molecule has 0 spiro atoms. The van der Waals surface area contributed by atoms with E-state index in [1.807, 2.05) is 0 Å². The van der Waals surface area contributed by atoms with E-state index in [0.717, 1.165) is 0 Å². The first kappa shape index (κ1) is 16.2. The number of hydrogen-bond acceptors (Lipinski definition) is 3. The number of carboxylic acids is 1. The van der Waals surface area contributed by atoms with Gasteiger partial charge in [0.1, 0.15) is 0 Å². The molecule has 4 nitrogen and oxygen atoms in total. The summed E-state index contributed by atoms with van der Waals surface area (Å²) in [6, 6.07) is 0. The van der Waals surface area contributed by atoms with Crippen molar-refractivity contribution in [3.8, 4) is 0 Å². The van der Waals surface area contributed by atoms with Crippen LogP contribution in [-0.4, -0.2) is 54.5 Å². The summed E-state index contributed by atoms with van der Waals surface area (Å²) < 4.78 is 42.9. The maximum Gasteiger partial charge on any atom is 0.393 e. The van der Waals surface area contributed by atoms with Crippen molar-refractivity contribution in [3.05, 3.63) is 0 Å². The van der Waals surface area contributed by atoms with E-state index < -0.39 is 24.2 Å². The lowest BCUT2D eigenvalue weighted by Gasteiger charge is -2.34. The number of alkyl halides is 3. The molecule has 0 aromatic rings. The molecule has 2 unspecified atom stereocenters. The van der Waals surface area contributed by atoms with Crippen LogP contribution in [0, 0.1) is 5.92 Å². The van der Waals surface area contributed by atoms with Gasteiger partial charge in [-0.25, -0.2) is 4.79 Å². The molecular weight excluding hydrogens is 263 g/mol. The minimum Gasteiger partial charge on any atom is -0.479 e. The van der Waals surface area contributed by atoms with Crippen molar-refractivity contribution in [2.24, 2.45) is 5.92 Å². The van der Waals surface area contributed by atoms with Gasteiger partial charge in [-0.2, -0.15) is 13.2 Å². The largest absolute Gasteiger partial charge is 0.479 e. The van der Waals surface area contributed by atoms with E-state index in [2.05, 4.69) is 0 Å². The molecule has 1 N–H and O–H groups in total. The second kappa shape index (κ2) is 7.09. The molecule has 19 heavy (non-hydrogen) atoms. The summed E-state index contributed by atoms with van der Waals surface area (Å²) in [7, 11) is 0. The van der Waals surface area contributed by atoms with Crippen molar-refractivity contribution in [2.75, 3.05) is 26.2 Å². The molecule has 1 rings (SSSR count). The molecule has 0 aliphatic carbocycles. The van der Waals surface area contributed by atoms with E-state index in [1.165, 1.54) is 0 Å². The van der Waals surface area contributed by atoms with Crippen LogP contribution >= 0.6 is 0 Å². The van der Waals surface area contributed by atoms with Crippen molar-refractivity contribution in [1.29, 1.82) is 0 Å². The highest BCUT2D eigenvalue weighted by atomic mass is 19.4. The summed E-state index contributed by atoms with van der Waals surface area (Å²) in [6.07, 6.45) is -4.22. The summed E-state index contributed by atoms with van der Waals surface area (Å²) in [5.74, 6) is -2.36. The number of rotatable bonds is 6. The minimum absolute atomic E-state index is 0.0397. The van der Waals surface area contributed by atoms with Gasteiger partial charge < -0.3 is 14.7 Å². The normalized spacial score (nSPS) is 23.3. The van der Waals surface area contributed by atoms with Gasteiger partial charge in [0.05, 0.1) is 5.92 Å². The molecule has 0 amide bonds. The van der Waals surface area contributed by atoms with E-state index in [-0.39, 0.29) is 26.0 Å². The van der Waals surface area contributed by atoms with Crippen LogP contribution in [0.2, 0.25) is 0 Å². The predicted octanol–water partition coefficient (Wildman–Crippen LogP) is 2.14. The number of carbonyl (C=O) groups is 1. The van der Waals surface area contributed by atoms with E-state index in [0.29, 0.717) is 19.5 Å².